The van der Waals surface area contributed by atoms with Gasteiger partial charge in [0.1, 0.15) is 0 Å². The van der Waals surface area contributed by atoms with Crippen molar-refractivity contribution in [3.8, 4) is 0 Å². The van der Waals surface area contributed by atoms with Crippen LogP contribution in [0.4, 0.5) is 0 Å². The first-order valence-electron chi connectivity index (χ1n) is 10.4. The Labute approximate surface area is 173 Å². The summed E-state index contributed by atoms with van der Waals surface area (Å²) in [6, 6.07) is 6.75. The van der Waals surface area contributed by atoms with Crippen molar-refractivity contribution in [1.82, 2.24) is 0 Å². The Morgan fingerprint density at radius 2 is 1.07 bits per heavy atom. The molecule has 0 spiro atoms. The fourth-order valence-corrected chi connectivity index (χ4v) is 9.16. The van der Waals surface area contributed by atoms with Crippen molar-refractivity contribution in [3.63, 3.8) is 0 Å². The second-order valence-corrected chi connectivity index (χ2v) is 11.2. The largest absolute Gasteiger partial charge is 0.537 e. The zero-order chi connectivity index (χ0) is 21.0. The van der Waals surface area contributed by atoms with Crippen LogP contribution >= 0.6 is 0 Å². The zero-order valence-corrected chi connectivity index (χ0v) is 20.6. The van der Waals surface area contributed by atoms with Gasteiger partial charge in [0.2, 0.25) is 0 Å². The number of hydrogen-bond donors (Lipinski definition) is 0. The van der Waals surface area contributed by atoms with Crippen molar-refractivity contribution in [3.05, 3.63) is 29.3 Å². The first-order chi connectivity index (χ1) is 13.5. The molecule has 0 atom stereocenters. The lowest BCUT2D eigenvalue weighted by Crippen LogP contribution is -2.60. The van der Waals surface area contributed by atoms with Crippen LogP contribution < -0.4 is 5.19 Å². The molecule has 162 valence electrons. The molecular formula is C20H38O6Si2. The second-order valence-electron chi connectivity index (χ2n) is 6.12. The summed E-state index contributed by atoms with van der Waals surface area (Å²) in [5.41, 5.74) is 2.15. The summed E-state index contributed by atoms with van der Waals surface area (Å²) in [4.78, 5) is 0. The Morgan fingerprint density at radius 1 is 0.643 bits per heavy atom. The van der Waals surface area contributed by atoms with Crippen molar-refractivity contribution in [2.24, 2.45) is 0 Å². The summed E-state index contributed by atoms with van der Waals surface area (Å²) in [5, 5.41) is 1.01. The average Bonchev–Trinajstić information content (AvgIpc) is 2.63. The smallest absolute Gasteiger partial charge is 0.374 e. The minimum Gasteiger partial charge on any atom is -0.374 e. The van der Waals surface area contributed by atoms with E-state index in [2.05, 4.69) is 19.1 Å². The molecule has 6 nitrogen and oxygen atoms in total. The van der Waals surface area contributed by atoms with Gasteiger partial charge in [-0.1, -0.05) is 18.2 Å². The summed E-state index contributed by atoms with van der Waals surface area (Å²) in [7, 11) is -5.96. The molecule has 0 fully saturated rings. The fourth-order valence-electron chi connectivity index (χ4n) is 3.40. The lowest BCUT2D eigenvalue weighted by molar-refractivity contribution is 0.0702. The third kappa shape index (κ3) is 6.46. The van der Waals surface area contributed by atoms with Crippen LogP contribution in [-0.4, -0.2) is 57.3 Å². The predicted octanol–water partition coefficient (Wildman–Crippen LogP) is 3.38. The molecule has 0 bridgehead atoms. The molecule has 0 amide bonds. The van der Waals surface area contributed by atoms with E-state index in [4.69, 9.17) is 26.6 Å². The highest BCUT2D eigenvalue weighted by atomic mass is 28.4. The minimum atomic E-state index is -3.07. The van der Waals surface area contributed by atoms with E-state index in [9.17, 15) is 0 Å². The third-order valence-electron chi connectivity index (χ3n) is 4.17. The molecule has 0 saturated carbocycles. The summed E-state index contributed by atoms with van der Waals surface area (Å²) in [6.45, 7) is 17.1. The van der Waals surface area contributed by atoms with Gasteiger partial charge >= 0.3 is 17.6 Å². The molecule has 1 aromatic rings. The van der Waals surface area contributed by atoms with Gasteiger partial charge in [-0.2, -0.15) is 0 Å². The van der Waals surface area contributed by atoms with Gasteiger partial charge in [0, 0.05) is 50.9 Å². The molecule has 0 aliphatic heterocycles. The maximum absolute atomic E-state index is 6.20. The molecule has 0 aliphatic rings. The molecule has 0 saturated heterocycles. The molecule has 28 heavy (non-hydrogen) atoms. The molecular weight excluding hydrogens is 392 g/mol. The Morgan fingerprint density at radius 3 is 1.46 bits per heavy atom. The van der Waals surface area contributed by atoms with Gasteiger partial charge < -0.3 is 26.6 Å². The Hall–Kier alpha value is -0.586. The molecule has 0 aromatic heterocycles. The highest BCUT2D eigenvalue weighted by Gasteiger charge is 2.49. The fraction of sp³-hybridized carbons (Fsp3) is 0.700. The van der Waals surface area contributed by atoms with Crippen LogP contribution in [0.3, 0.4) is 0 Å². The average molecular weight is 431 g/mol. The summed E-state index contributed by atoms with van der Waals surface area (Å²) in [6.07, 6.45) is 0. The summed E-state index contributed by atoms with van der Waals surface area (Å²) in [5.74, 6) is 0. The highest BCUT2D eigenvalue weighted by Crippen LogP contribution is 2.22. The Bertz CT molecular complexity index is 536. The molecule has 1 aromatic carbocycles. The number of rotatable bonds is 15. The van der Waals surface area contributed by atoms with Crippen molar-refractivity contribution in [1.29, 1.82) is 0 Å². The Balaban J connectivity index is 3.53. The van der Waals surface area contributed by atoms with E-state index in [-0.39, 0.29) is 0 Å². The van der Waals surface area contributed by atoms with E-state index in [1.165, 1.54) is 0 Å². The van der Waals surface area contributed by atoms with Crippen molar-refractivity contribution in [2.45, 2.75) is 54.5 Å². The first kappa shape index (κ1) is 25.5. The SMILES string of the molecule is CCO[Si](Cc1cccc(C)c1[Si](OCC)(OCC)OCC)(OCC)OCC. The van der Waals surface area contributed by atoms with E-state index in [0.717, 1.165) is 16.3 Å². The number of aryl methyl sites for hydroxylation is 1. The molecule has 1 rings (SSSR count). The van der Waals surface area contributed by atoms with E-state index in [1.54, 1.807) is 0 Å². The first-order valence-corrected chi connectivity index (χ1v) is 14.1. The van der Waals surface area contributed by atoms with E-state index < -0.39 is 17.6 Å². The molecule has 8 heteroatoms. The van der Waals surface area contributed by atoms with Gasteiger partial charge in [-0.05, 0) is 59.6 Å². The van der Waals surface area contributed by atoms with Gasteiger partial charge in [0.15, 0.2) is 0 Å². The van der Waals surface area contributed by atoms with Crippen LogP contribution in [0.5, 0.6) is 0 Å². The molecule has 0 unspecified atom stereocenters. The summed E-state index contributed by atoms with van der Waals surface area (Å²) < 4.78 is 36.9. The lowest BCUT2D eigenvalue weighted by atomic mass is 10.1. The molecule has 0 heterocycles. The lowest BCUT2D eigenvalue weighted by Gasteiger charge is -2.34. The van der Waals surface area contributed by atoms with E-state index in [0.29, 0.717) is 45.7 Å². The highest BCUT2D eigenvalue weighted by molar-refractivity contribution is 6.76. The van der Waals surface area contributed by atoms with Gasteiger partial charge in [-0.3, -0.25) is 0 Å². The van der Waals surface area contributed by atoms with Crippen LogP contribution in [-0.2, 0) is 32.6 Å². The molecule has 0 N–H and O–H groups in total. The van der Waals surface area contributed by atoms with Crippen molar-refractivity contribution < 1.29 is 26.6 Å². The van der Waals surface area contributed by atoms with Crippen LogP contribution in [0.15, 0.2) is 18.2 Å². The third-order valence-corrected chi connectivity index (χ3v) is 10.5. The van der Waals surface area contributed by atoms with Gasteiger partial charge in [-0.15, -0.1) is 0 Å². The maximum Gasteiger partial charge on any atom is 0.537 e. The van der Waals surface area contributed by atoms with Gasteiger partial charge in [0.05, 0.1) is 0 Å². The van der Waals surface area contributed by atoms with Crippen LogP contribution in [0, 0.1) is 6.92 Å². The quantitative estimate of drug-likeness (QED) is 0.398. The predicted molar refractivity (Wildman–Crippen MR) is 116 cm³/mol. The van der Waals surface area contributed by atoms with Crippen molar-refractivity contribution in [2.75, 3.05) is 39.6 Å². The zero-order valence-electron chi connectivity index (χ0n) is 18.6. The maximum atomic E-state index is 6.20. The van der Waals surface area contributed by atoms with E-state index in [1.807, 2.05) is 47.6 Å². The Kier molecular flexibility index (Phi) is 11.7. The van der Waals surface area contributed by atoms with Crippen LogP contribution in [0.1, 0.15) is 52.7 Å². The monoisotopic (exact) mass is 430 g/mol. The van der Waals surface area contributed by atoms with Gasteiger partial charge in [0.25, 0.3) is 0 Å². The van der Waals surface area contributed by atoms with E-state index >= 15 is 0 Å². The molecule has 0 radical (unpaired) electrons. The van der Waals surface area contributed by atoms with Crippen LogP contribution in [0.25, 0.3) is 0 Å². The number of hydrogen-bond acceptors (Lipinski definition) is 6. The van der Waals surface area contributed by atoms with Crippen LogP contribution in [0.2, 0.25) is 0 Å². The second kappa shape index (κ2) is 12.9. The minimum absolute atomic E-state index is 0.519. The molecule has 0 aliphatic carbocycles. The number of benzene rings is 1. The standard InChI is InChI=1S/C20H38O6Si2/c1-8-21-27(22-9-2,23-10-3)17-19-16-14-15-18(7)20(19)28(24-11-4,25-12-5)26-13-6/h14-16H,8-13,17H2,1-7H3. The van der Waals surface area contributed by atoms with Crippen molar-refractivity contribution >= 4 is 22.8 Å². The normalized spacial score (nSPS) is 12.5. The summed E-state index contributed by atoms with van der Waals surface area (Å²) >= 11 is 0. The topological polar surface area (TPSA) is 55.4 Å². The van der Waals surface area contributed by atoms with Gasteiger partial charge in [-0.25, -0.2) is 0 Å².